The number of unbranched alkanes of at least 4 members (excludes halogenated alkanes) is 24. The van der Waals surface area contributed by atoms with Crippen molar-refractivity contribution in [1.82, 2.24) is 5.32 Å². The topological polar surface area (TPSA) is 92.7 Å². The Hall–Kier alpha value is -2.11. The van der Waals surface area contributed by atoms with Crippen LogP contribution in [-0.4, -0.2) is 35.6 Å². The molecule has 0 aliphatic carbocycles. The van der Waals surface area contributed by atoms with E-state index in [-0.39, 0.29) is 24.5 Å². The van der Waals surface area contributed by atoms with Crippen molar-refractivity contribution in [2.24, 2.45) is 0 Å². The van der Waals surface area contributed by atoms with E-state index in [4.69, 9.17) is 9.84 Å². The monoisotopic (exact) mass is 704 g/mol. The molecule has 0 heterocycles. The molecule has 1 unspecified atom stereocenters. The predicted molar refractivity (Wildman–Crippen MR) is 213 cm³/mol. The van der Waals surface area contributed by atoms with Gasteiger partial charge in [0.1, 0.15) is 12.6 Å². The smallest absolute Gasteiger partial charge is 0.322 e. The molecule has 0 saturated carbocycles. The zero-order valence-corrected chi connectivity index (χ0v) is 33.0. The second-order valence-electron chi connectivity index (χ2n) is 14.6. The number of hydrogen-bond donors (Lipinski definition) is 2. The zero-order chi connectivity index (χ0) is 36.6. The lowest BCUT2D eigenvalue weighted by molar-refractivity contribution is -0.150. The molecule has 0 saturated heterocycles. The van der Waals surface area contributed by atoms with Gasteiger partial charge in [-0.25, -0.2) is 0 Å². The number of aliphatic carboxylic acids is 1. The highest BCUT2D eigenvalue weighted by molar-refractivity contribution is 5.80. The standard InChI is InChI=1S/C44H81NO5/c1-3-5-7-9-11-13-15-16-17-18-19-20-22-24-26-31-35-39-44(49)50-41(36-32-28-25-23-21-14-12-10-8-6-4-2)37-33-29-27-30-34-38-42(46)45-40-43(47)48/h12,14,23,25,41H,3-11,13,15-22,24,26-40H2,1-2H3,(H,45,46)(H,47,48)/b14-12-,25-23-. The molecule has 0 rings (SSSR count). The Bertz CT molecular complexity index is 823. The molecule has 0 fully saturated rings. The largest absolute Gasteiger partial charge is 0.480 e. The summed E-state index contributed by atoms with van der Waals surface area (Å²) in [5.41, 5.74) is 0. The van der Waals surface area contributed by atoms with Gasteiger partial charge in [0.05, 0.1) is 0 Å². The average Bonchev–Trinajstić information content (AvgIpc) is 3.10. The molecule has 0 radical (unpaired) electrons. The second kappa shape index (κ2) is 39.7. The third-order valence-corrected chi connectivity index (χ3v) is 9.63. The van der Waals surface area contributed by atoms with Crippen LogP contribution in [0.3, 0.4) is 0 Å². The SMILES string of the molecule is CCCCC/C=C\C/C=C\CCCC(CCCCCCCC(=O)NCC(=O)O)OC(=O)CCCCCCCCCCCCCCCCCCC. The summed E-state index contributed by atoms with van der Waals surface area (Å²) >= 11 is 0. The van der Waals surface area contributed by atoms with Gasteiger partial charge >= 0.3 is 11.9 Å². The molecule has 0 aromatic carbocycles. The van der Waals surface area contributed by atoms with E-state index in [0.717, 1.165) is 77.0 Å². The average molecular weight is 704 g/mol. The lowest BCUT2D eigenvalue weighted by atomic mass is 10.0. The number of carboxylic acids is 1. The first-order chi connectivity index (χ1) is 24.5. The lowest BCUT2D eigenvalue weighted by Crippen LogP contribution is -2.28. The van der Waals surface area contributed by atoms with Crippen LogP contribution < -0.4 is 5.32 Å². The van der Waals surface area contributed by atoms with E-state index in [1.807, 2.05) is 0 Å². The molecule has 6 heteroatoms. The highest BCUT2D eigenvalue weighted by atomic mass is 16.5. The first-order valence-electron chi connectivity index (χ1n) is 21.5. The van der Waals surface area contributed by atoms with Crippen LogP contribution in [0, 0.1) is 0 Å². The summed E-state index contributed by atoms with van der Waals surface area (Å²) in [6.45, 7) is 4.20. The third kappa shape index (κ3) is 38.7. The summed E-state index contributed by atoms with van der Waals surface area (Å²) in [6.07, 6.45) is 47.3. The molecule has 6 nitrogen and oxygen atoms in total. The van der Waals surface area contributed by atoms with Crippen LogP contribution in [0.15, 0.2) is 24.3 Å². The maximum absolute atomic E-state index is 12.7. The van der Waals surface area contributed by atoms with E-state index in [1.165, 1.54) is 122 Å². The fourth-order valence-electron chi connectivity index (χ4n) is 6.43. The summed E-state index contributed by atoms with van der Waals surface area (Å²) in [5.74, 6) is -1.25. The quantitative estimate of drug-likeness (QED) is 0.0378. The minimum Gasteiger partial charge on any atom is -0.480 e. The number of hydrogen-bond acceptors (Lipinski definition) is 4. The number of carbonyl (C=O) groups is 3. The van der Waals surface area contributed by atoms with Gasteiger partial charge in [0.2, 0.25) is 5.91 Å². The molecule has 50 heavy (non-hydrogen) atoms. The van der Waals surface area contributed by atoms with Gasteiger partial charge in [-0.3, -0.25) is 14.4 Å². The summed E-state index contributed by atoms with van der Waals surface area (Å²) in [7, 11) is 0. The molecule has 0 aromatic heterocycles. The van der Waals surface area contributed by atoms with Crippen LogP contribution in [0.25, 0.3) is 0 Å². The summed E-state index contributed by atoms with van der Waals surface area (Å²) in [5, 5.41) is 11.1. The predicted octanol–water partition coefficient (Wildman–Crippen LogP) is 13.1. The summed E-state index contributed by atoms with van der Waals surface area (Å²) < 4.78 is 6.00. The third-order valence-electron chi connectivity index (χ3n) is 9.63. The first-order valence-corrected chi connectivity index (χ1v) is 21.5. The highest BCUT2D eigenvalue weighted by Gasteiger charge is 2.14. The maximum Gasteiger partial charge on any atom is 0.322 e. The van der Waals surface area contributed by atoms with Crippen molar-refractivity contribution < 1.29 is 24.2 Å². The van der Waals surface area contributed by atoms with E-state index < -0.39 is 5.97 Å². The van der Waals surface area contributed by atoms with Gasteiger partial charge < -0.3 is 15.2 Å². The molecule has 1 atom stereocenters. The number of allylic oxidation sites excluding steroid dienone is 4. The molecular formula is C44H81NO5. The van der Waals surface area contributed by atoms with Gasteiger partial charge in [-0.2, -0.15) is 0 Å². The van der Waals surface area contributed by atoms with Crippen molar-refractivity contribution in [2.45, 2.75) is 232 Å². The molecule has 0 spiro atoms. The van der Waals surface area contributed by atoms with Gasteiger partial charge in [0.25, 0.3) is 0 Å². The number of esters is 1. The van der Waals surface area contributed by atoms with Crippen LogP contribution in [0.2, 0.25) is 0 Å². The molecule has 0 aromatic rings. The minimum absolute atomic E-state index is 0.0121. The molecule has 2 N–H and O–H groups in total. The Morgan fingerprint density at radius 1 is 0.520 bits per heavy atom. The van der Waals surface area contributed by atoms with Crippen LogP contribution in [0.4, 0.5) is 0 Å². The number of rotatable bonds is 39. The van der Waals surface area contributed by atoms with Crippen molar-refractivity contribution in [2.75, 3.05) is 6.54 Å². The van der Waals surface area contributed by atoms with E-state index in [0.29, 0.717) is 12.8 Å². The Labute approximate surface area is 309 Å². The minimum atomic E-state index is -1.02. The van der Waals surface area contributed by atoms with Crippen LogP contribution in [0.5, 0.6) is 0 Å². The fraction of sp³-hybridized carbons (Fsp3) is 0.841. The molecule has 0 aliphatic rings. The van der Waals surface area contributed by atoms with Crippen molar-refractivity contribution >= 4 is 17.8 Å². The normalized spacial score (nSPS) is 12.2. The van der Waals surface area contributed by atoms with Gasteiger partial charge in [0, 0.05) is 12.8 Å². The van der Waals surface area contributed by atoms with Crippen molar-refractivity contribution in [3.63, 3.8) is 0 Å². The van der Waals surface area contributed by atoms with Crippen LogP contribution >= 0.6 is 0 Å². The Balaban J connectivity index is 4.13. The van der Waals surface area contributed by atoms with Gasteiger partial charge in [-0.15, -0.1) is 0 Å². The Morgan fingerprint density at radius 3 is 1.46 bits per heavy atom. The number of nitrogens with one attached hydrogen (secondary N) is 1. The lowest BCUT2D eigenvalue weighted by Gasteiger charge is -2.18. The van der Waals surface area contributed by atoms with Crippen molar-refractivity contribution in [1.29, 1.82) is 0 Å². The number of amides is 1. The van der Waals surface area contributed by atoms with Gasteiger partial charge in [-0.05, 0) is 64.2 Å². The molecule has 0 bridgehead atoms. The van der Waals surface area contributed by atoms with E-state index in [9.17, 15) is 14.4 Å². The molecule has 292 valence electrons. The van der Waals surface area contributed by atoms with Gasteiger partial charge in [-0.1, -0.05) is 173 Å². The van der Waals surface area contributed by atoms with Crippen LogP contribution in [-0.2, 0) is 19.1 Å². The van der Waals surface area contributed by atoms with E-state index >= 15 is 0 Å². The summed E-state index contributed by atoms with van der Waals surface area (Å²) in [4.78, 5) is 35.0. The van der Waals surface area contributed by atoms with E-state index in [1.54, 1.807) is 0 Å². The Kier molecular flexibility index (Phi) is 38.0. The molecular weight excluding hydrogens is 622 g/mol. The Morgan fingerprint density at radius 2 is 0.940 bits per heavy atom. The number of carbonyl (C=O) groups excluding carboxylic acids is 2. The molecule has 0 aliphatic heterocycles. The fourth-order valence-corrected chi connectivity index (χ4v) is 6.43. The first kappa shape index (κ1) is 47.9. The van der Waals surface area contributed by atoms with Crippen molar-refractivity contribution in [3.05, 3.63) is 24.3 Å². The summed E-state index contributed by atoms with van der Waals surface area (Å²) in [6, 6.07) is 0. The molecule has 1 amide bonds. The maximum atomic E-state index is 12.7. The number of carboxylic acid groups (broad SMARTS) is 1. The van der Waals surface area contributed by atoms with E-state index in [2.05, 4.69) is 43.5 Å². The highest BCUT2D eigenvalue weighted by Crippen LogP contribution is 2.18. The second-order valence-corrected chi connectivity index (χ2v) is 14.6. The van der Waals surface area contributed by atoms with Crippen molar-refractivity contribution in [3.8, 4) is 0 Å². The van der Waals surface area contributed by atoms with Gasteiger partial charge in [0.15, 0.2) is 0 Å². The number of ether oxygens (including phenoxy) is 1. The van der Waals surface area contributed by atoms with Crippen LogP contribution in [0.1, 0.15) is 226 Å². The zero-order valence-electron chi connectivity index (χ0n) is 33.0.